The Labute approximate surface area is 176 Å². The van der Waals surface area contributed by atoms with Gasteiger partial charge in [-0.15, -0.1) is 11.8 Å². The van der Waals surface area contributed by atoms with Crippen LogP contribution in [0.2, 0.25) is 0 Å². The first-order valence-corrected chi connectivity index (χ1v) is 11.0. The minimum atomic E-state index is -0.346. The first-order valence-electron chi connectivity index (χ1n) is 9.25. The van der Waals surface area contributed by atoms with E-state index in [4.69, 9.17) is 0 Å². The van der Waals surface area contributed by atoms with E-state index in [-0.39, 0.29) is 22.5 Å². The zero-order chi connectivity index (χ0) is 19.7. The van der Waals surface area contributed by atoms with Crippen LogP contribution in [-0.4, -0.2) is 51.9 Å². The lowest BCUT2D eigenvalue weighted by Crippen LogP contribution is -2.53. The van der Waals surface area contributed by atoms with Crippen molar-refractivity contribution < 1.29 is 14.0 Å². The van der Waals surface area contributed by atoms with Gasteiger partial charge in [-0.05, 0) is 55.3 Å². The molecule has 0 saturated carbocycles. The van der Waals surface area contributed by atoms with Crippen LogP contribution in [0.1, 0.15) is 33.6 Å². The number of rotatable bonds is 2. The molecule has 4 nitrogen and oxygen atoms in total. The maximum absolute atomic E-state index is 13.2. The van der Waals surface area contributed by atoms with Crippen molar-refractivity contribution in [3.05, 3.63) is 69.9 Å². The van der Waals surface area contributed by atoms with Crippen LogP contribution in [0, 0.1) is 5.82 Å². The van der Waals surface area contributed by atoms with Gasteiger partial charge in [0.15, 0.2) is 0 Å². The molecule has 2 aliphatic rings. The first kappa shape index (κ1) is 19.5. The summed E-state index contributed by atoms with van der Waals surface area (Å²) in [6.07, 6.45) is 1.48. The van der Waals surface area contributed by atoms with Crippen molar-refractivity contribution in [2.75, 3.05) is 25.4 Å². The Kier molecular flexibility index (Phi) is 5.47. The van der Waals surface area contributed by atoms with Crippen molar-refractivity contribution in [1.82, 2.24) is 9.80 Å². The number of halogens is 2. The second-order valence-corrected chi connectivity index (χ2v) is 9.43. The average molecular weight is 463 g/mol. The summed E-state index contributed by atoms with van der Waals surface area (Å²) in [7, 11) is 0. The SMILES string of the molecule is O=C(c1cccc(Br)c1)N1CCC2(CC1)SCCN2C(=O)c1ccc(F)cc1. The van der Waals surface area contributed by atoms with Gasteiger partial charge >= 0.3 is 0 Å². The molecule has 2 heterocycles. The van der Waals surface area contributed by atoms with Crippen molar-refractivity contribution >= 4 is 39.5 Å². The number of amides is 2. The zero-order valence-electron chi connectivity index (χ0n) is 15.2. The minimum absolute atomic E-state index is 0.0237. The van der Waals surface area contributed by atoms with Crippen LogP contribution in [0.5, 0.6) is 0 Å². The molecule has 0 unspecified atom stereocenters. The largest absolute Gasteiger partial charge is 0.338 e. The third-order valence-electron chi connectivity index (χ3n) is 5.42. The van der Waals surface area contributed by atoms with Gasteiger partial charge in [0.25, 0.3) is 11.8 Å². The van der Waals surface area contributed by atoms with E-state index in [0.717, 1.165) is 23.1 Å². The number of carbonyl (C=O) groups excluding carboxylic acids is 2. The van der Waals surface area contributed by atoms with Gasteiger partial charge in [-0.2, -0.15) is 0 Å². The average Bonchev–Trinajstić information content (AvgIpc) is 3.11. The Morgan fingerprint density at radius 1 is 0.964 bits per heavy atom. The molecule has 0 aromatic heterocycles. The van der Waals surface area contributed by atoms with Crippen LogP contribution in [-0.2, 0) is 0 Å². The Morgan fingerprint density at radius 3 is 2.36 bits per heavy atom. The van der Waals surface area contributed by atoms with Crippen molar-refractivity contribution in [3.63, 3.8) is 0 Å². The smallest absolute Gasteiger partial charge is 0.254 e. The van der Waals surface area contributed by atoms with Gasteiger partial charge in [-0.1, -0.05) is 22.0 Å². The van der Waals surface area contributed by atoms with Crippen molar-refractivity contribution in [3.8, 4) is 0 Å². The number of benzene rings is 2. The molecule has 4 rings (SSSR count). The highest BCUT2D eigenvalue weighted by atomic mass is 79.9. The molecule has 2 saturated heterocycles. The fraction of sp³-hybridized carbons (Fsp3) is 0.333. The standard InChI is InChI=1S/C21H20BrFN2O2S/c22-17-3-1-2-16(14-17)19(26)24-10-8-21(9-11-24)25(12-13-28-21)20(27)15-4-6-18(23)7-5-15/h1-7,14H,8-13H2. The predicted molar refractivity (Wildman–Crippen MR) is 112 cm³/mol. The van der Waals surface area contributed by atoms with Gasteiger partial charge in [0.05, 0.1) is 4.87 Å². The highest BCUT2D eigenvalue weighted by Crippen LogP contribution is 2.44. The second-order valence-electron chi connectivity index (χ2n) is 7.06. The first-order chi connectivity index (χ1) is 13.5. The van der Waals surface area contributed by atoms with Crippen molar-refractivity contribution in [2.24, 2.45) is 0 Å². The topological polar surface area (TPSA) is 40.6 Å². The summed E-state index contributed by atoms with van der Waals surface area (Å²) in [5, 5.41) is 0. The van der Waals surface area contributed by atoms with Crippen LogP contribution < -0.4 is 0 Å². The maximum Gasteiger partial charge on any atom is 0.254 e. The molecule has 2 aliphatic heterocycles. The molecule has 0 N–H and O–H groups in total. The highest BCUT2D eigenvalue weighted by Gasteiger charge is 2.47. The monoisotopic (exact) mass is 462 g/mol. The molecule has 28 heavy (non-hydrogen) atoms. The second kappa shape index (κ2) is 7.87. The summed E-state index contributed by atoms with van der Waals surface area (Å²) in [5.41, 5.74) is 1.18. The van der Waals surface area contributed by atoms with Gasteiger partial charge in [-0.25, -0.2) is 4.39 Å². The van der Waals surface area contributed by atoms with E-state index in [9.17, 15) is 14.0 Å². The molecule has 146 valence electrons. The minimum Gasteiger partial charge on any atom is -0.338 e. The van der Waals surface area contributed by atoms with Crippen LogP contribution in [0.3, 0.4) is 0 Å². The van der Waals surface area contributed by atoms with Crippen LogP contribution in [0.15, 0.2) is 53.0 Å². The third kappa shape index (κ3) is 3.70. The van der Waals surface area contributed by atoms with Gasteiger partial charge < -0.3 is 9.80 Å². The Morgan fingerprint density at radius 2 is 1.68 bits per heavy atom. The molecule has 2 aromatic carbocycles. The van der Waals surface area contributed by atoms with E-state index >= 15 is 0 Å². The molecule has 2 amide bonds. The molecule has 0 atom stereocenters. The summed E-state index contributed by atoms with van der Waals surface area (Å²) in [6, 6.07) is 13.1. The Balaban J connectivity index is 1.47. The number of piperidine rings is 1. The molecular weight excluding hydrogens is 443 g/mol. The lowest BCUT2D eigenvalue weighted by atomic mass is 10.00. The molecule has 2 aromatic rings. The van der Waals surface area contributed by atoms with Gasteiger partial charge in [-0.3, -0.25) is 9.59 Å². The molecule has 1 spiro atoms. The van der Waals surface area contributed by atoms with Crippen molar-refractivity contribution in [1.29, 1.82) is 0 Å². The number of carbonyl (C=O) groups is 2. The fourth-order valence-corrected chi connectivity index (χ4v) is 5.78. The summed E-state index contributed by atoms with van der Waals surface area (Å²) in [4.78, 5) is 29.3. The fourth-order valence-electron chi connectivity index (χ4n) is 3.92. The number of likely N-dealkylation sites (tertiary alicyclic amines) is 1. The summed E-state index contributed by atoms with van der Waals surface area (Å²) < 4.78 is 14.1. The van der Waals surface area contributed by atoms with Crippen LogP contribution >= 0.6 is 27.7 Å². The number of hydrogen-bond donors (Lipinski definition) is 0. The lowest BCUT2D eigenvalue weighted by Gasteiger charge is -2.44. The van der Waals surface area contributed by atoms with Gasteiger partial charge in [0.2, 0.25) is 0 Å². The summed E-state index contributed by atoms with van der Waals surface area (Å²) >= 11 is 5.21. The Hall–Kier alpha value is -1.86. The van der Waals surface area contributed by atoms with Gasteiger partial charge in [0.1, 0.15) is 5.82 Å². The summed E-state index contributed by atoms with van der Waals surface area (Å²) in [5.74, 6) is 0.501. The molecule has 0 bridgehead atoms. The van der Waals surface area contributed by atoms with E-state index < -0.39 is 0 Å². The normalized spacial score (nSPS) is 18.5. The molecular formula is C21H20BrFN2O2S. The molecule has 2 fully saturated rings. The quantitative estimate of drug-likeness (QED) is 0.663. The molecule has 0 aliphatic carbocycles. The van der Waals surface area contributed by atoms with Crippen molar-refractivity contribution in [2.45, 2.75) is 17.7 Å². The number of thioether (sulfide) groups is 1. The van der Waals surface area contributed by atoms with Crippen LogP contribution in [0.25, 0.3) is 0 Å². The zero-order valence-corrected chi connectivity index (χ0v) is 17.6. The number of hydrogen-bond acceptors (Lipinski definition) is 3. The highest BCUT2D eigenvalue weighted by molar-refractivity contribution is 9.10. The predicted octanol–water partition coefficient (Wildman–Crippen LogP) is 4.41. The van der Waals surface area contributed by atoms with E-state index in [2.05, 4.69) is 15.9 Å². The Bertz CT molecular complexity index is 898. The summed E-state index contributed by atoms with van der Waals surface area (Å²) in [6.45, 7) is 1.91. The molecule has 7 heteroatoms. The van der Waals surface area contributed by atoms with E-state index in [0.29, 0.717) is 30.8 Å². The third-order valence-corrected chi connectivity index (χ3v) is 7.46. The molecule has 0 radical (unpaired) electrons. The number of nitrogens with zero attached hydrogens (tertiary/aromatic N) is 2. The van der Waals surface area contributed by atoms with Gasteiger partial charge in [0, 0.05) is 41.0 Å². The lowest BCUT2D eigenvalue weighted by molar-refractivity contribution is 0.0498. The maximum atomic E-state index is 13.2. The van der Waals surface area contributed by atoms with E-state index in [1.54, 1.807) is 23.9 Å². The van der Waals surface area contributed by atoms with E-state index in [1.807, 2.05) is 34.1 Å². The van der Waals surface area contributed by atoms with Crippen LogP contribution in [0.4, 0.5) is 4.39 Å². The van der Waals surface area contributed by atoms with E-state index in [1.165, 1.54) is 12.1 Å².